The normalized spacial score (nSPS) is 11.2. The van der Waals surface area contributed by atoms with Crippen LogP contribution in [-0.4, -0.2) is 29.1 Å². The van der Waals surface area contributed by atoms with Gasteiger partial charge in [-0.3, -0.25) is 4.98 Å². The highest BCUT2D eigenvalue weighted by Crippen LogP contribution is 2.17. The molecule has 0 radical (unpaired) electrons. The van der Waals surface area contributed by atoms with Gasteiger partial charge < -0.3 is 4.57 Å². The molecule has 0 fully saturated rings. The second-order valence-corrected chi connectivity index (χ2v) is 5.86. The highest BCUT2D eigenvalue weighted by molar-refractivity contribution is 5.56. The molecule has 0 saturated heterocycles. The van der Waals surface area contributed by atoms with E-state index in [1.807, 2.05) is 61.2 Å². The van der Waals surface area contributed by atoms with Gasteiger partial charge in [0.25, 0.3) is 0 Å². The molecule has 0 aliphatic carbocycles. The maximum atomic E-state index is 4.73. The largest absolute Gasteiger partial charge is 0.337 e. The summed E-state index contributed by atoms with van der Waals surface area (Å²) in [5, 5.41) is 4.58. The molecular weight excluding hydrogens is 300 g/mol. The van der Waals surface area contributed by atoms with Crippen molar-refractivity contribution in [1.29, 1.82) is 0 Å². The first-order valence-corrected chi connectivity index (χ1v) is 7.94. The average molecular weight is 318 g/mol. The van der Waals surface area contributed by atoms with Gasteiger partial charge in [-0.05, 0) is 31.2 Å². The van der Waals surface area contributed by atoms with E-state index in [1.54, 1.807) is 6.20 Å². The molecule has 0 bridgehead atoms. The average Bonchev–Trinajstić information content (AvgIpc) is 3.18. The van der Waals surface area contributed by atoms with Crippen LogP contribution in [0.2, 0.25) is 0 Å². The van der Waals surface area contributed by atoms with Crippen molar-refractivity contribution in [2.24, 2.45) is 7.05 Å². The predicted molar refractivity (Wildman–Crippen MR) is 91.6 cm³/mol. The van der Waals surface area contributed by atoms with E-state index in [9.17, 15) is 0 Å². The summed E-state index contributed by atoms with van der Waals surface area (Å²) in [4.78, 5) is 13.5. The van der Waals surface area contributed by atoms with Crippen LogP contribution in [0.1, 0.15) is 17.3 Å². The van der Waals surface area contributed by atoms with Gasteiger partial charge in [-0.2, -0.15) is 5.10 Å². The SMILES string of the molecule is Cc1cccc2nc(CCc3nc(-c4cccnc4)cn3C)nn12. The van der Waals surface area contributed by atoms with Gasteiger partial charge in [0.05, 0.1) is 5.69 Å². The molecule has 24 heavy (non-hydrogen) atoms. The Labute approximate surface area is 139 Å². The molecule has 6 heteroatoms. The topological polar surface area (TPSA) is 60.9 Å². The van der Waals surface area contributed by atoms with E-state index in [4.69, 9.17) is 4.98 Å². The van der Waals surface area contributed by atoms with Crippen LogP contribution in [0.4, 0.5) is 0 Å². The molecule has 0 aliphatic heterocycles. The summed E-state index contributed by atoms with van der Waals surface area (Å²) in [5.41, 5.74) is 3.95. The number of aryl methyl sites for hydroxylation is 4. The number of hydrogen-bond donors (Lipinski definition) is 0. The van der Waals surface area contributed by atoms with Gasteiger partial charge in [0.1, 0.15) is 5.82 Å². The Balaban J connectivity index is 1.55. The lowest BCUT2D eigenvalue weighted by atomic mass is 10.2. The minimum absolute atomic E-state index is 0.762. The van der Waals surface area contributed by atoms with Crippen LogP contribution in [0.5, 0.6) is 0 Å². The number of pyridine rings is 2. The van der Waals surface area contributed by atoms with Crippen LogP contribution in [0, 0.1) is 6.92 Å². The predicted octanol–water partition coefficient (Wildman–Crippen LogP) is 2.62. The minimum Gasteiger partial charge on any atom is -0.337 e. The molecule has 0 amide bonds. The van der Waals surface area contributed by atoms with E-state index in [-0.39, 0.29) is 0 Å². The molecule has 4 aromatic rings. The van der Waals surface area contributed by atoms with E-state index in [0.717, 1.165) is 47.1 Å². The van der Waals surface area contributed by atoms with E-state index in [0.29, 0.717) is 0 Å². The Morgan fingerprint density at radius 2 is 1.96 bits per heavy atom. The first-order chi connectivity index (χ1) is 11.7. The van der Waals surface area contributed by atoms with Crippen molar-refractivity contribution in [2.75, 3.05) is 0 Å². The van der Waals surface area contributed by atoms with Crippen molar-refractivity contribution >= 4 is 5.65 Å². The zero-order valence-electron chi connectivity index (χ0n) is 13.7. The van der Waals surface area contributed by atoms with Crippen LogP contribution in [0.3, 0.4) is 0 Å². The lowest BCUT2D eigenvalue weighted by Crippen LogP contribution is -2.01. The standard InChI is InChI=1S/C18H18N6/c1-13-5-3-7-18-21-16(22-24(13)18)8-9-17-20-15(12-23(17)2)14-6-4-10-19-11-14/h3-7,10-12H,8-9H2,1-2H3. The summed E-state index contributed by atoms with van der Waals surface area (Å²) in [6, 6.07) is 9.95. The highest BCUT2D eigenvalue weighted by Gasteiger charge is 2.10. The number of nitrogens with zero attached hydrogens (tertiary/aromatic N) is 6. The Morgan fingerprint density at radius 1 is 1.04 bits per heavy atom. The zero-order valence-corrected chi connectivity index (χ0v) is 13.7. The first kappa shape index (κ1) is 14.6. The fourth-order valence-electron chi connectivity index (χ4n) is 2.80. The maximum Gasteiger partial charge on any atom is 0.155 e. The van der Waals surface area contributed by atoms with Crippen molar-refractivity contribution in [2.45, 2.75) is 19.8 Å². The van der Waals surface area contributed by atoms with Crippen molar-refractivity contribution in [1.82, 2.24) is 29.1 Å². The molecule has 0 N–H and O–H groups in total. The Morgan fingerprint density at radius 3 is 2.75 bits per heavy atom. The molecule has 4 aromatic heterocycles. The number of rotatable bonds is 4. The summed E-state index contributed by atoms with van der Waals surface area (Å²) >= 11 is 0. The summed E-state index contributed by atoms with van der Waals surface area (Å²) in [7, 11) is 2.02. The molecule has 4 rings (SSSR count). The maximum absolute atomic E-state index is 4.73. The highest BCUT2D eigenvalue weighted by atomic mass is 15.3. The van der Waals surface area contributed by atoms with Crippen molar-refractivity contribution in [3.05, 3.63) is 66.3 Å². The second-order valence-electron chi connectivity index (χ2n) is 5.86. The van der Waals surface area contributed by atoms with Crippen molar-refractivity contribution in [3.8, 4) is 11.3 Å². The zero-order chi connectivity index (χ0) is 16.5. The molecule has 0 unspecified atom stereocenters. The fourth-order valence-corrected chi connectivity index (χ4v) is 2.80. The summed E-state index contributed by atoms with van der Waals surface area (Å²) in [6.07, 6.45) is 7.20. The summed E-state index contributed by atoms with van der Waals surface area (Å²) < 4.78 is 3.94. The van der Waals surface area contributed by atoms with Crippen LogP contribution in [-0.2, 0) is 19.9 Å². The van der Waals surface area contributed by atoms with Crippen LogP contribution in [0.25, 0.3) is 16.9 Å². The molecule has 120 valence electrons. The number of fused-ring (bicyclic) bond motifs is 1. The van der Waals surface area contributed by atoms with Gasteiger partial charge in [0.2, 0.25) is 0 Å². The number of hydrogen-bond acceptors (Lipinski definition) is 4. The summed E-state index contributed by atoms with van der Waals surface area (Å²) in [6.45, 7) is 2.03. The Hall–Kier alpha value is -3.02. The quantitative estimate of drug-likeness (QED) is 0.580. The number of imidazole rings is 1. The van der Waals surface area contributed by atoms with Crippen LogP contribution >= 0.6 is 0 Å². The van der Waals surface area contributed by atoms with E-state index in [1.165, 1.54) is 0 Å². The lowest BCUT2D eigenvalue weighted by molar-refractivity contribution is 0.743. The third kappa shape index (κ3) is 2.67. The van der Waals surface area contributed by atoms with E-state index < -0.39 is 0 Å². The van der Waals surface area contributed by atoms with Gasteiger partial charge >= 0.3 is 0 Å². The molecular formula is C18H18N6. The molecule has 0 spiro atoms. The van der Waals surface area contributed by atoms with Gasteiger partial charge in [0, 0.05) is 49.7 Å². The molecule has 4 heterocycles. The van der Waals surface area contributed by atoms with Gasteiger partial charge in [-0.1, -0.05) is 6.07 Å². The number of aromatic nitrogens is 6. The van der Waals surface area contributed by atoms with Crippen LogP contribution < -0.4 is 0 Å². The first-order valence-electron chi connectivity index (χ1n) is 7.94. The minimum atomic E-state index is 0.762. The van der Waals surface area contributed by atoms with Crippen molar-refractivity contribution in [3.63, 3.8) is 0 Å². The lowest BCUT2D eigenvalue weighted by Gasteiger charge is -1.98. The van der Waals surface area contributed by atoms with E-state index in [2.05, 4.69) is 19.6 Å². The molecule has 0 saturated carbocycles. The molecule has 0 aliphatic rings. The van der Waals surface area contributed by atoms with Gasteiger partial charge in [-0.25, -0.2) is 14.5 Å². The molecule has 0 atom stereocenters. The van der Waals surface area contributed by atoms with Gasteiger partial charge in [-0.15, -0.1) is 0 Å². The van der Waals surface area contributed by atoms with Crippen LogP contribution in [0.15, 0.2) is 48.9 Å². The smallest absolute Gasteiger partial charge is 0.155 e. The molecule has 6 nitrogen and oxygen atoms in total. The van der Waals surface area contributed by atoms with Crippen molar-refractivity contribution < 1.29 is 0 Å². The Kier molecular flexibility index (Phi) is 3.57. The Bertz CT molecular complexity index is 983. The van der Waals surface area contributed by atoms with E-state index >= 15 is 0 Å². The monoisotopic (exact) mass is 318 g/mol. The second kappa shape index (κ2) is 5.88. The van der Waals surface area contributed by atoms with Gasteiger partial charge in [0.15, 0.2) is 11.5 Å². The summed E-state index contributed by atoms with van der Waals surface area (Å²) in [5.74, 6) is 1.86. The molecule has 0 aromatic carbocycles. The third-order valence-electron chi connectivity index (χ3n) is 4.09. The fraction of sp³-hybridized carbons (Fsp3) is 0.222. The third-order valence-corrected chi connectivity index (χ3v) is 4.09.